The number of nitrogens with one attached hydrogen (secondary N) is 1. The second-order valence-corrected chi connectivity index (χ2v) is 11.3. The van der Waals surface area contributed by atoms with Crippen LogP contribution in [-0.2, 0) is 6.54 Å². The van der Waals surface area contributed by atoms with Crippen molar-refractivity contribution in [3.8, 4) is 16.9 Å². The van der Waals surface area contributed by atoms with Gasteiger partial charge in [-0.3, -0.25) is 9.69 Å². The molecule has 0 bridgehead atoms. The standard InChI is InChI=1S/C32H37F3N4O2/c1-22-11-17-39(18-12-22)30-10-4-24(20-36-30)21-38-15-13-27(14-16-38)37-31(40)26-5-3-23(2)29(19-26)25-6-8-28(9-7-25)41-32(33,34)35/h3-10,19-20,22,27H,11-18,21H2,1-2H3,(H,37,40). The number of alkyl halides is 3. The number of halogens is 3. The number of hydrogen-bond acceptors (Lipinski definition) is 5. The van der Waals surface area contributed by atoms with Gasteiger partial charge in [0.1, 0.15) is 11.6 Å². The normalized spacial score (nSPS) is 17.4. The number of aromatic nitrogens is 1. The van der Waals surface area contributed by atoms with E-state index in [9.17, 15) is 18.0 Å². The van der Waals surface area contributed by atoms with Gasteiger partial charge in [-0.25, -0.2) is 4.98 Å². The van der Waals surface area contributed by atoms with E-state index in [1.807, 2.05) is 19.2 Å². The van der Waals surface area contributed by atoms with Crippen LogP contribution in [0, 0.1) is 12.8 Å². The van der Waals surface area contributed by atoms with Gasteiger partial charge in [0.2, 0.25) is 0 Å². The molecule has 1 N–H and O–H groups in total. The van der Waals surface area contributed by atoms with Crippen LogP contribution in [0.5, 0.6) is 5.75 Å². The highest BCUT2D eigenvalue weighted by Crippen LogP contribution is 2.29. The largest absolute Gasteiger partial charge is 0.573 e. The zero-order chi connectivity index (χ0) is 29.0. The number of pyridine rings is 1. The molecule has 0 spiro atoms. The van der Waals surface area contributed by atoms with Crippen molar-refractivity contribution in [1.82, 2.24) is 15.2 Å². The summed E-state index contributed by atoms with van der Waals surface area (Å²) >= 11 is 0. The van der Waals surface area contributed by atoms with Crippen LogP contribution in [0.3, 0.4) is 0 Å². The SMILES string of the molecule is Cc1ccc(C(=O)NC2CCN(Cc3ccc(N4CCC(C)CC4)nc3)CC2)cc1-c1ccc(OC(F)(F)F)cc1. The molecule has 5 rings (SSSR count). The van der Waals surface area contributed by atoms with E-state index in [-0.39, 0.29) is 17.7 Å². The lowest BCUT2D eigenvalue weighted by molar-refractivity contribution is -0.274. The maximum Gasteiger partial charge on any atom is 0.573 e. The summed E-state index contributed by atoms with van der Waals surface area (Å²) in [4.78, 5) is 22.6. The molecular weight excluding hydrogens is 529 g/mol. The number of benzene rings is 2. The van der Waals surface area contributed by atoms with Crippen LogP contribution < -0.4 is 15.0 Å². The number of likely N-dealkylation sites (tertiary alicyclic amines) is 1. The monoisotopic (exact) mass is 566 g/mol. The van der Waals surface area contributed by atoms with Gasteiger partial charge in [0.15, 0.2) is 0 Å². The van der Waals surface area contributed by atoms with Crippen molar-refractivity contribution < 1.29 is 22.7 Å². The third-order valence-corrected chi connectivity index (χ3v) is 8.14. The van der Waals surface area contributed by atoms with Crippen LogP contribution in [0.2, 0.25) is 0 Å². The Morgan fingerprint density at radius 1 is 0.976 bits per heavy atom. The van der Waals surface area contributed by atoms with Gasteiger partial charge >= 0.3 is 6.36 Å². The number of carbonyl (C=O) groups is 1. The molecule has 0 saturated carbocycles. The Morgan fingerprint density at radius 3 is 2.32 bits per heavy atom. The Balaban J connectivity index is 1.12. The van der Waals surface area contributed by atoms with Crippen molar-refractivity contribution in [2.75, 3.05) is 31.1 Å². The molecule has 9 heteroatoms. The lowest BCUT2D eigenvalue weighted by Crippen LogP contribution is -2.44. The highest BCUT2D eigenvalue weighted by Gasteiger charge is 2.31. The Hall–Kier alpha value is -3.59. The summed E-state index contributed by atoms with van der Waals surface area (Å²) in [6.45, 7) is 9.00. The van der Waals surface area contributed by atoms with Gasteiger partial charge in [-0.2, -0.15) is 0 Å². The second kappa shape index (κ2) is 12.5. The fourth-order valence-corrected chi connectivity index (χ4v) is 5.61. The Kier molecular flexibility index (Phi) is 8.82. The average Bonchev–Trinajstić information content (AvgIpc) is 2.95. The number of carbonyl (C=O) groups excluding carboxylic acids is 1. The zero-order valence-electron chi connectivity index (χ0n) is 23.6. The molecule has 2 saturated heterocycles. The summed E-state index contributed by atoms with van der Waals surface area (Å²) in [5.41, 5.74) is 4.16. The topological polar surface area (TPSA) is 57.7 Å². The molecule has 0 unspecified atom stereocenters. The fraction of sp³-hybridized carbons (Fsp3) is 0.438. The van der Waals surface area contributed by atoms with Crippen LogP contribution in [0.1, 0.15) is 54.1 Å². The van der Waals surface area contributed by atoms with Gasteiger partial charge < -0.3 is 15.0 Å². The number of piperidine rings is 2. The summed E-state index contributed by atoms with van der Waals surface area (Å²) in [7, 11) is 0. The lowest BCUT2D eigenvalue weighted by atomic mass is 9.97. The minimum Gasteiger partial charge on any atom is -0.406 e. The maximum atomic E-state index is 13.1. The van der Waals surface area contributed by atoms with Gasteiger partial charge in [0.05, 0.1) is 0 Å². The maximum absolute atomic E-state index is 13.1. The molecule has 2 aliphatic rings. The van der Waals surface area contributed by atoms with Gasteiger partial charge in [0, 0.05) is 50.5 Å². The van der Waals surface area contributed by atoms with Crippen molar-refractivity contribution in [2.45, 2.75) is 58.5 Å². The molecule has 0 radical (unpaired) electrons. The first-order valence-electron chi connectivity index (χ1n) is 14.3. The summed E-state index contributed by atoms with van der Waals surface area (Å²) in [5.74, 6) is 1.44. The van der Waals surface area contributed by atoms with E-state index < -0.39 is 6.36 Å². The molecule has 0 aliphatic carbocycles. The quantitative estimate of drug-likeness (QED) is 0.350. The van der Waals surface area contributed by atoms with E-state index in [2.05, 4.69) is 38.9 Å². The molecule has 1 amide bonds. The number of rotatable bonds is 7. The number of hydrogen-bond donors (Lipinski definition) is 1. The van der Waals surface area contributed by atoms with Gasteiger partial charge in [-0.05, 0) is 91.1 Å². The highest BCUT2D eigenvalue weighted by molar-refractivity contribution is 5.96. The van der Waals surface area contributed by atoms with E-state index in [1.54, 1.807) is 24.3 Å². The van der Waals surface area contributed by atoms with Crippen molar-refractivity contribution in [2.24, 2.45) is 5.92 Å². The molecule has 41 heavy (non-hydrogen) atoms. The predicted octanol–water partition coefficient (Wildman–Crippen LogP) is 6.59. The molecule has 2 aromatic carbocycles. The molecule has 2 fully saturated rings. The van der Waals surface area contributed by atoms with Gasteiger partial charge in [0.25, 0.3) is 5.91 Å². The molecule has 3 aromatic rings. The third-order valence-electron chi connectivity index (χ3n) is 8.14. The first-order valence-corrected chi connectivity index (χ1v) is 14.3. The minimum atomic E-state index is -4.74. The summed E-state index contributed by atoms with van der Waals surface area (Å²) in [6, 6.07) is 15.5. The smallest absolute Gasteiger partial charge is 0.406 e. The van der Waals surface area contributed by atoms with E-state index in [0.717, 1.165) is 68.4 Å². The lowest BCUT2D eigenvalue weighted by Gasteiger charge is -2.33. The number of aryl methyl sites for hydroxylation is 1. The number of ether oxygens (including phenoxy) is 1. The van der Waals surface area contributed by atoms with Crippen molar-refractivity contribution in [1.29, 1.82) is 0 Å². The second-order valence-electron chi connectivity index (χ2n) is 11.3. The molecule has 6 nitrogen and oxygen atoms in total. The number of anilines is 1. The van der Waals surface area contributed by atoms with Crippen molar-refractivity contribution in [3.05, 3.63) is 77.5 Å². The Labute approximate surface area is 239 Å². The number of nitrogens with zero attached hydrogens (tertiary/aromatic N) is 3. The molecule has 1 aromatic heterocycles. The molecule has 3 heterocycles. The minimum absolute atomic E-state index is 0.0873. The van der Waals surface area contributed by atoms with E-state index in [0.29, 0.717) is 11.1 Å². The van der Waals surface area contributed by atoms with Gasteiger partial charge in [-0.15, -0.1) is 13.2 Å². The first-order chi connectivity index (χ1) is 19.6. The fourth-order valence-electron chi connectivity index (χ4n) is 5.61. The van der Waals surface area contributed by atoms with Crippen LogP contribution in [0.15, 0.2) is 60.8 Å². The van der Waals surface area contributed by atoms with Gasteiger partial charge in [-0.1, -0.05) is 31.2 Å². The van der Waals surface area contributed by atoms with Crippen molar-refractivity contribution >= 4 is 11.7 Å². The average molecular weight is 567 g/mol. The molecule has 218 valence electrons. The summed E-state index contributed by atoms with van der Waals surface area (Å²) < 4.78 is 41.4. The van der Waals surface area contributed by atoms with Crippen LogP contribution in [0.25, 0.3) is 11.1 Å². The summed E-state index contributed by atoms with van der Waals surface area (Å²) in [5, 5.41) is 3.17. The van der Waals surface area contributed by atoms with Crippen molar-refractivity contribution in [3.63, 3.8) is 0 Å². The predicted molar refractivity (Wildman–Crippen MR) is 154 cm³/mol. The molecule has 2 aliphatic heterocycles. The zero-order valence-corrected chi connectivity index (χ0v) is 23.6. The Morgan fingerprint density at radius 2 is 1.68 bits per heavy atom. The number of amides is 1. The van der Waals surface area contributed by atoms with Crippen LogP contribution >= 0.6 is 0 Å². The molecular formula is C32H37F3N4O2. The van der Waals surface area contributed by atoms with E-state index in [4.69, 9.17) is 4.98 Å². The molecule has 0 atom stereocenters. The Bertz CT molecular complexity index is 1310. The highest BCUT2D eigenvalue weighted by atomic mass is 19.4. The van der Waals surface area contributed by atoms with E-state index in [1.165, 1.54) is 30.5 Å². The third kappa shape index (κ3) is 7.79. The van der Waals surface area contributed by atoms with Crippen LogP contribution in [-0.4, -0.2) is 54.4 Å². The first kappa shape index (κ1) is 28.9. The van der Waals surface area contributed by atoms with E-state index >= 15 is 0 Å². The van der Waals surface area contributed by atoms with Crippen LogP contribution in [0.4, 0.5) is 19.0 Å². The summed E-state index contributed by atoms with van der Waals surface area (Å²) in [6.07, 6.45) is 1.42.